The summed E-state index contributed by atoms with van der Waals surface area (Å²) in [5, 5.41) is 13.0. The number of aliphatic hydroxyl groups is 1. The van der Waals surface area contributed by atoms with Gasteiger partial charge in [-0.25, -0.2) is 4.79 Å². The fourth-order valence-electron chi connectivity index (χ4n) is 7.25. The van der Waals surface area contributed by atoms with E-state index in [9.17, 15) is 24.3 Å². The third kappa shape index (κ3) is 9.57. The van der Waals surface area contributed by atoms with Crippen LogP contribution in [0.1, 0.15) is 67.1 Å². The second kappa shape index (κ2) is 16.7. The van der Waals surface area contributed by atoms with Crippen molar-refractivity contribution in [3.05, 3.63) is 116 Å². The van der Waals surface area contributed by atoms with Crippen LogP contribution in [0, 0.1) is 3.57 Å². The first-order valence-electron chi connectivity index (χ1n) is 18.3. The zero-order chi connectivity index (χ0) is 38.6. The summed E-state index contributed by atoms with van der Waals surface area (Å²) in [5.74, 6) is -2.88. The van der Waals surface area contributed by atoms with Gasteiger partial charge in [0.05, 0.1) is 18.2 Å². The monoisotopic (exact) mass is 850 g/mol. The number of amides is 2. The van der Waals surface area contributed by atoms with E-state index in [0.717, 1.165) is 20.3 Å². The van der Waals surface area contributed by atoms with Crippen molar-refractivity contribution in [1.82, 2.24) is 10.2 Å². The summed E-state index contributed by atoms with van der Waals surface area (Å²) in [6, 6.07) is 22.7. The topological polar surface area (TPSA) is 141 Å². The van der Waals surface area contributed by atoms with Gasteiger partial charge in [-0.2, -0.15) is 0 Å². The molecule has 54 heavy (non-hydrogen) atoms. The highest BCUT2D eigenvalue weighted by Gasteiger charge is 2.55. The number of aliphatic hydroxyl groups excluding tert-OH is 1. The van der Waals surface area contributed by atoms with Crippen molar-refractivity contribution in [2.24, 2.45) is 0 Å². The van der Waals surface area contributed by atoms with Crippen LogP contribution < -0.4 is 5.32 Å². The Bertz CT molecular complexity index is 1850. The van der Waals surface area contributed by atoms with E-state index < -0.39 is 72.1 Å². The molecule has 0 radical (unpaired) electrons. The van der Waals surface area contributed by atoms with Gasteiger partial charge in [0.2, 0.25) is 11.8 Å². The smallest absolute Gasteiger partial charge is 0.338 e. The van der Waals surface area contributed by atoms with Crippen LogP contribution >= 0.6 is 22.6 Å². The van der Waals surface area contributed by atoms with Gasteiger partial charge in [0, 0.05) is 48.3 Å². The molecule has 0 aromatic heterocycles. The van der Waals surface area contributed by atoms with Gasteiger partial charge in [-0.1, -0.05) is 54.6 Å². The van der Waals surface area contributed by atoms with Crippen LogP contribution in [0.4, 0.5) is 0 Å². The minimum atomic E-state index is -0.988. The quantitative estimate of drug-likeness (QED) is 0.188. The van der Waals surface area contributed by atoms with Crippen molar-refractivity contribution in [2.45, 2.75) is 101 Å². The maximum atomic E-state index is 14.5. The molecule has 2 amide bonds. The summed E-state index contributed by atoms with van der Waals surface area (Å²) in [7, 11) is 1.56. The SMILES string of the molecule is CN(C(=O)C1=C[C@H]2OC3(Cc4ccccc4C3)O[C@H]2[C@H](OC(=O)c2ccc(I)cc2)C1)[C@H](Cc1ccccc1)C(=O)N[C@H](CO)CCC(=O)OC(C)(C)C. The van der Waals surface area contributed by atoms with E-state index in [1.54, 1.807) is 46.0 Å². The fourth-order valence-corrected chi connectivity index (χ4v) is 7.61. The van der Waals surface area contributed by atoms with Gasteiger partial charge in [0.25, 0.3) is 0 Å². The lowest BCUT2D eigenvalue weighted by atomic mass is 9.90. The van der Waals surface area contributed by atoms with Crippen LogP contribution in [0.15, 0.2) is 90.5 Å². The van der Waals surface area contributed by atoms with E-state index in [1.807, 2.05) is 66.7 Å². The first kappa shape index (κ1) is 39.6. The van der Waals surface area contributed by atoms with Crippen LogP contribution in [-0.4, -0.2) is 89.2 Å². The first-order valence-corrected chi connectivity index (χ1v) is 19.3. The van der Waals surface area contributed by atoms with Crippen molar-refractivity contribution in [3.63, 3.8) is 0 Å². The molecule has 0 bridgehead atoms. The molecular weight excluding hydrogens is 803 g/mol. The van der Waals surface area contributed by atoms with E-state index in [0.29, 0.717) is 24.0 Å². The van der Waals surface area contributed by atoms with Gasteiger partial charge in [-0.15, -0.1) is 0 Å². The zero-order valence-corrected chi connectivity index (χ0v) is 33.1. The second-order valence-corrected chi connectivity index (χ2v) is 16.4. The van der Waals surface area contributed by atoms with Crippen LogP contribution in [0.3, 0.4) is 0 Å². The number of likely N-dealkylation sites (N-methyl/N-ethyl adjacent to an activating group) is 1. The Labute approximate surface area is 329 Å². The van der Waals surface area contributed by atoms with Gasteiger partial charge in [-0.05, 0) is 96.8 Å². The van der Waals surface area contributed by atoms with E-state index in [2.05, 4.69) is 27.9 Å². The summed E-state index contributed by atoms with van der Waals surface area (Å²) >= 11 is 2.17. The number of benzene rings is 3. The van der Waals surface area contributed by atoms with Gasteiger partial charge in [0.15, 0.2) is 5.79 Å². The molecule has 286 valence electrons. The number of hydrogen-bond donors (Lipinski definition) is 2. The summed E-state index contributed by atoms with van der Waals surface area (Å²) < 4.78 is 25.8. The van der Waals surface area contributed by atoms with Crippen molar-refractivity contribution < 1.29 is 43.2 Å². The molecule has 1 heterocycles. The van der Waals surface area contributed by atoms with Crippen molar-refractivity contribution in [3.8, 4) is 0 Å². The van der Waals surface area contributed by atoms with Crippen LogP contribution in [0.2, 0.25) is 0 Å². The number of hydrogen-bond acceptors (Lipinski definition) is 9. The predicted octanol–water partition coefficient (Wildman–Crippen LogP) is 5.09. The molecule has 6 rings (SSSR count). The molecule has 5 atom stereocenters. The number of halogens is 1. The summed E-state index contributed by atoms with van der Waals surface area (Å²) in [6.07, 6.45) is 0.947. The second-order valence-electron chi connectivity index (χ2n) is 15.2. The molecule has 3 aliphatic rings. The largest absolute Gasteiger partial charge is 0.460 e. The Balaban J connectivity index is 1.24. The number of esters is 2. The highest BCUT2D eigenvalue weighted by molar-refractivity contribution is 14.1. The average molecular weight is 851 g/mol. The molecule has 1 fully saturated rings. The van der Waals surface area contributed by atoms with Gasteiger partial charge >= 0.3 is 11.9 Å². The molecule has 0 saturated carbocycles. The molecule has 1 spiro atoms. The molecule has 0 unspecified atom stereocenters. The molecule has 1 saturated heterocycles. The lowest BCUT2D eigenvalue weighted by Crippen LogP contribution is -2.53. The first-order chi connectivity index (χ1) is 25.7. The molecular formula is C42H47IN2O9. The highest BCUT2D eigenvalue weighted by Crippen LogP contribution is 2.45. The number of rotatable bonds is 12. The van der Waals surface area contributed by atoms with Crippen LogP contribution in [0.5, 0.6) is 0 Å². The molecule has 2 aliphatic carbocycles. The molecule has 2 N–H and O–H groups in total. The zero-order valence-electron chi connectivity index (χ0n) is 31.0. The standard InChI is InChI=1S/C42H47IN2O9/c1-41(2,3)53-36(47)19-18-32(25-46)44-38(48)33(20-26-10-6-5-7-11-26)45(4)39(49)30-21-34(51-40(50)27-14-16-31(43)17-15-27)37-35(22-30)52-42(54-37)23-28-12-8-9-13-29(28)24-42/h5-17,22,32-35,37,46H,18-21,23-25H2,1-4H3,(H,44,48)/t32-,33+,34+,35+,37-/m0/s1. The Morgan fingerprint density at radius 2 is 1.61 bits per heavy atom. The normalized spacial score (nSPS) is 20.9. The fraction of sp³-hybridized carbons (Fsp3) is 0.429. The number of carbonyl (C=O) groups is 4. The summed E-state index contributed by atoms with van der Waals surface area (Å²) in [5.41, 5.74) is 3.09. The number of carbonyl (C=O) groups excluding carboxylic acids is 4. The third-order valence-corrected chi connectivity index (χ3v) is 10.6. The summed E-state index contributed by atoms with van der Waals surface area (Å²) in [6.45, 7) is 4.90. The van der Waals surface area contributed by atoms with Gasteiger partial charge in [0.1, 0.15) is 30.0 Å². The Morgan fingerprint density at radius 3 is 2.24 bits per heavy atom. The van der Waals surface area contributed by atoms with Crippen molar-refractivity contribution >= 4 is 46.3 Å². The average Bonchev–Trinajstić information content (AvgIpc) is 3.69. The lowest BCUT2D eigenvalue weighted by molar-refractivity contribution is -0.172. The Kier molecular flexibility index (Phi) is 12.3. The van der Waals surface area contributed by atoms with Crippen molar-refractivity contribution in [1.29, 1.82) is 0 Å². The van der Waals surface area contributed by atoms with E-state index in [1.165, 1.54) is 4.90 Å². The maximum Gasteiger partial charge on any atom is 0.338 e. The molecule has 1 aliphatic heterocycles. The third-order valence-electron chi connectivity index (χ3n) is 9.88. The van der Waals surface area contributed by atoms with E-state index in [-0.39, 0.29) is 25.7 Å². The van der Waals surface area contributed by atoms with E-state index >= 15 is 0 Å². The predicted molar refractivity (Wildman–Crippen MR) is 208 cm³/mol. The van der Waals surface area contributed by atoms with Gasteiger partial charge < -0.3 is 34.3 Å². The molecule has 11 nitrogen and oxygen atoms in total. The van der Waals surface area contributed by atoms with E-state index in [4.69, 9.17) is 18.9 Å². The molecule has 3 aromatic carbocycles. The summed E-state index contributed by atoms with van der Waals surface area (Å²) in [4.78, 5) is 55.7. The Morgan fingerprint density at radius 1 is 0.963 bits per heavy atom. The maximum absolute atomic E-state index is 14.5. The number of fused-ring (bicyclic) bond motifs is 2. The number of ether oxygens (including phenoxy) is 4. The van der Waals surface area contributed by atoms with Crippen molar-refractivity contribution in [2.75, 3.05) is 13.7 Å². The Hall–Kier alpha value is -4.11. The minimum absolute atomic E-state index is 0.00664. The molecule has 3 aromatic rings. The number of nitrogens with zero attached hydrogens (tertiary/aromatic N) is 1. The van der Waals surface area contributed by atoms with Crippen LogP contribution in [-0.2, 0) is 52.6 Å². The highest BCUT2D eigenvalue weighted by atomic mass is 127. The van der Waals surface area contributed by atoms with Crippen LogP contribution in [0.25, 0.3) is 0 Å². The van der Waals surface area contributed by atoms with Gasteiger partial charge in [-0.3, -0.25) is 14.4 Å². The molecule has 12 heteroatoms. The number of nitrogens with one attached hydrogen (secondary N) is 1. The minimum Gasteiger partial charge on any atom is -0.460 e. The lowest BCUT2D eigenvalue weighted by Gasteiger charge is -2.34.